The molecule has 1 amide bonds. The van der Waals surface area contributed by atoms with Crippen LogP contribution >= 0.6 is 31.9 Å². The Morgan fingerprint density at radius 1 is 1.14 bits per heavy atom. The summed E-state index contributed by atoms with van der Waals surface area (Å²) in [6.45, 7) is 1.94. The van der Waals surface area contributed by atoms with E-state index in [4.69, 9.17) is 4.74 Å². The lowest BCUT2D eigenvalue weighted by Gasteiger charge is -2.15. The van der Waals surface area contributed by atoms with E-state index in [1.54, 1.807) is 19.2 Å². The summed E-state index contributed by atoms with van der Waals surface area (Å²) >= 11 is 6.77. The number of benzene rings is 2. The second-order valence-corrected chi connectivity index (χ2v) is 6.46. The second kappa shape index (κ2) is 7.09. The van der Waals surface area contributed by atoms with E-state index in [2.05, 4.69) is 37.2 Å². The van der Waals surface area contributed by atoms with Crippen LogP contribution in [0.1, 0.15) is 28.9 Å². The molecule has 2 rings (SSSR count). The van der Waals surface area contributed by atoms with Gasteiger partial charge >= 0.3 is 0 Å². The quantitative estimate of drug-likeness (QED) is 0.789. The SMILES string of the molecule is COc1cccc(C(C)NC(=O)c2cc(Br)cc(Br)c2)c1. The largest absolute Gasteiger partial charge is 0.497 e. The van der Waals surface area contributed by atoms with Gasteiger partial charge in [0.15, 0.2) is 0 Å². The van der Waals surface area contributed by atoms with Crippen LogP contribution in [0.25, 0.3) is 0 Å². The highest BCUT2D eigenvalue weighted by Gasteiger charge is 2.13. The topological polar surface area (TPSA) is 38.3 Å². The number of amides is 1. The zero-order chi connectivity index (χ0) is 15.4. The van der Waals surface area contributed by atoms with E-state index in [1.807, 2.05) is 37.3 Å². The van der Waals surface area contributed by atoms with E-state index >= 15 is 0 Å². The van der Waals surface area contributed by atoms with E-state index in [0.717, 1.165) is 20.3 Å². The van der Waals surface area contributed by atoms with Crippen LogP contribution in [-0.2, 0) is 0 Å². The summed E-state index contributed by atoms with van der Waals surface area (Å²) in [5.74, 6) is 0.658. The Kier molecular flexibility index (Phi) is 5.42. The van der Waals surface area contributed by atoms with Gasteiger partial charge in [0.1, 0.15) is 5.75 Å². The highest BCUT2D eigenvalue weighted by atomic mass is 79.9. The van der Waals surface area contributed by atoms with Crippen molar-refractivity contribution >= 4 is 37.8 Å². The third-order valence-corrected chi connectivity index (χ3v) is 3.98. The molecule has 0 aliphatic carbocycles. The first-order valence-corrected chi connectivity index (χ1v) is 7.99. The van der Waals surface area contributed by atoms with Crippen LogP contribution in [0.3, 0.4) is 0 Å². The Morgan fingerprint density at radius 2 is 1.81 bits per heavy atom. The molecular weight excluding hydrogens is 398 g/mol. The van der Waals surface area contributed by atoms with Crippen LogP contribution in [0.4, 0.5) is 0 Å². The van der Waals surface area contributed by atoms with Crippen LogP contribution in [0.15, 0.2) is 51.4 Å². The molecule has 5 heteroatoms. The molecule has 0 bridgehead atoms. The molecule has 3 nitrogen and oxygen atoms in total. The standard InChI is InChI=1S/C16H15Br2NO2/c1-10(11-4-3-5-15(8-11)21-2)19-16(20)12-6-13(17)9-14(18)7-12/h3-10H,1-2H3,(H,19,20). The first kappa shape index (κ1) is 16.0. The summed E-state index contributed by atoms with van der Waals surface area (Å²) in [5.41, 5.74) is 1.60. The molecule has 0 saturated heterocycles. The maximum atomic E-state index is 12.3. The lowest BCUT2D eigenvalue weighted by molar-refractivity contribution is 0.0939. The van der Waals surface area contributed by atoms with Crippen molar-refractivity contribution < 1.29 is 9.53 Å². The maximum Gasteiger partial charge on any atom is 0.251 e. The molecule has 0 spiro atoms. The average molecular weight is 413 g/mol. The third-order valence-electron chi connectivity index (χ3n) is 3.07. The van der Waals surface area contributed by atoms with Crippen LogP contribution in [0, 0.1) is 0 Å². The summed E-state index contributed by atoms with van der Waals surface area (Å²) in [7, 11) is 1.63. The van der Waals surface area contributed by atoms with Gasteiger partial charge in [0.25, 0.3) is 5.91 Å². The first-order valence-electron chi connectivity index (χ1n) is 6.40. The molecule has 0 radical (unpaired) electrons. The van der Waals surface area contributed by atoms with Gasteiger partial charge in [0.05, 0.1) is 13.2 Å². The van der Waals surface area contributed by atoms with E-state index in [1.165, 1.54) is 0 Å². The summed E-state index contributed by atoms with van der Waals surface area (Å²) in [6, 6.07) is 13.0. The second-order valence-electron chi connectivity index (χ2n) is 4.63. The van der Waals surface area contributed by atoms with Crippen LogP contribution in [-0.4, -0.2) is 13.0 Å². The van der Waals surface area contributed by atoms with Crippen molar-refractivity contribution in [3.05, 3.63) is 62.5 Å². The molecule has 2 aromatic carbocycles. The Bertz CT molecular complexity index is 638. The lowest BCUT2D eigenvalue weighted by Crippen LogP contribution is -2.26. The highest BCUT2D eigenvalue weighted by molar-refractivity contribution is 9.11. The maximum absolute atomic E-state index is 12.3. The number of hydrogen-bond acceptors (Lipinski definition) is 2. The van der Waals surface area contributed by atoms with Gasteiger partial charge in [-0.05, 0) is 42.8 Å². The van der Waals surface area contributed by atoms with Crippen molar-refractivity contribution in [3.8, 4) is 5.75 Å². The fraction of sp³-hybridized carbons (Fsp3) is 0.188. The number of ether oxygens (including phenoxy) is 1. The van der Waals surface area contributed by atoms with Gasteiger partial charge in [-0.25, -0.2) is 0 Å². The molecule has 0 aromatic heterocycles. The van der Waals surface area contributed by atoms with E-state index in [-0.39, 0.29) is 11.9 Å². The average Bonchev–Trinajstić information content (AvgIpc) is 2.46. The Hall–Kier alpha value is -1.33. The minimum Gasteiger partial charge on any atom is -0.497 e. The Labute approximate surface area is 141 Å². The molecule has 1 N–H and O–H groups in total. The number of carbonyl (C=O) groups excluding carboxylic acids is 1. The summed E-state index contributed by atoms with van der Waals surface area (Å²) in [4.78, 5) is 12.3. The fourth-order valence-corrected chi connectivity index (χ4v) is 3.25. The summed E-state index contributed by atoms with van der Waals surface area (Å²) < 4.78 is 6.92. The van der Waals surface area contributed by atoms with Crippen LogP contribution in [0.2, 0.25) is 0 Å². The molecule has 0 aliphatic rings. The number of hydrogen-bond donors (Lipinski definition) is 1. The monoisotopic (exact) mass is 411 g/mol. The van der Waals surface area contributed by atoms with Gasteiger partial charge in [0, 0.05) is 14.5 Å². The summed E-state index contributed by atoms with van der Waals surface area (Å²) in [6.07, 6.45) is 0. The Balaban J connectivity index is 2.14. The van der Waals surface area contributed by atoms with Gasteiger partial charge in [-0.2, -0.15) is 0 Å². The molecular formula is C16H15Br2NO2. The molecule has 2 aromatic rings. The molecule has 0 heterocycles. The number of carbonyl (C=O) groups is 1. The van der Waals surface area contributed by atoms with Crippen molar-refractivity contribution in [1.82, 2.24) is 5.32 Å². The minimum absolute atomic E-state index is 0.106. The normalized spacial score (nSPS) is 11.8. The van der Waals surface area contributed by atoms with Gasteiger partial charge in [-0.15, -0.1) is 0 Å². The molecule has 0 aliphatic heterocycles. The molecule has 1 atom stereocenters. The number of nitrogens with one attached hydrogen (secondary N) is 1. The number of halogens is 2. The van der Waals surface area contributed by atoms with Gasteiger partial charge < -0.3 is 10.1 Å². The molecule has 1 unspecified atom stereocenters. The smallest absolute Gasteiger partial charge is 0.251 e. The molecule has 0 saturated carbocycles. The Morgan fingerprint density at radius 3 is 2.43 bits per heavy atom. The zero-order valence-corrected chi connectivity index (χ0v) is 14.9. The number of methoxy groups -OCH3 is 1. The van der Waals surface area contributed by atoms with Crippen molar-refractivity contribution in [3.63, 3.8) is 0 Å². The highest BCUT2D eigenvalue weighted by Crippen LogP contribution is 2.22. The minimum atomic E-state index is -0.118. The fourth-order valence-electron chi connectivity index (χ4n) is 1.96. The molecule has 0 fully saturated rings. The molecule has 110 valence electrons. The number of rotatable bonds is 4. The summed E-state index contributed by atoms with van der Waals surface area (Å²) in [5, 5.41) is 2.98. The van der Waals surface area contributed by atoms with Gasteiger partial charge in [0.2, 0.25) is 0 Å². The lowest BCUT2D eigenvalue weighted by atomic mass is 10.1. The first-order chi connectivity index (χ1) is 9.99. The predicted molar refractivity (Wildman–Crippen MR) is 90.7 cm³/mol. The van der Waals surface area contributed by atoms with Crippen molar-refractivity contribution in [2.24, 2.45) is 0 Å². The van der Waals surface area contributed by atoms with Gasteiger partial charge in [-0.1, -0.05) is 44.0 Å². The predicted octanol–water partition coefficient (Wildman–Crippen LogP) is 4.71. The van der Waals surface area contributed by atoms with Gasteiger partial charge in [-0.3, -0.25) is 4.79 Å². The van der Waals surface area contributed by atoms with E-state index in [0.29, 0.717) is 5.56 Å². The van der Waals surface area contributed by atoms with Crippen LogP contribution in [0.5, 0.6) is 5.75 Å². The van der Waals surface area contributed by atoms with Crippen LogP contribution < -0.4 is 10.1 Å². The van der Waals surface area contributed by atoms with Crippen molar-refractivity contribution in [1.29, 1.82) is 0 Å². The third kappa shape index (κ3) is 4.32. The van der Waals surface area contributed by atoms with Crippen molar-refractivity contribution in [2.45, 2.75) is 13.0 Å². The van der Waals surface area contributed by atoms with E-state index in [9.17, 15) is 4.79 Å². The molecule has 21 heavy (non-hydrogen) atoms. The van der Waals surface area contributed by atoms with Crippen molar-refractivity contribution in [2.75, 3.05) is 7.11 Å². The van der Waals surface area contributed by atoms with E-state index < -0.39 is 0 Å². The zero-order valence-electron chi connectivity index (χ0n) is 11.7.